The van der Waals surface area contributed by atoms with Crippen LogP contribution in [0.15, 0.2) is 6.33 Å². The predicted octanol–water partition coefficient (Wildman–Crippen LogP) is 0.263. The van der Waals surface area contributed by atoms with Crippen molar-refractivity contribution < 1.29 is 9.53 Å². The molecule has 112 valence electrons. The van der Waals surface area contributed by atoms with E-state index in [9.17, 15) is 4.79 Å². The fourth-order valence-corrected chi connectivity index (χ4v) is 2.28. The number of carbonyl (C=O) groups excluding carboxylic acids is 1. The van der Waals surface area contributed by atoms with Crippen LogP contribution in [0.5, 0.6) is 5.88 Å². The molecule has 2 rings (SSSR count). The smallest absolute Gasteiger partial charge is 0.234 e. The standard InChI is InChI=1S/C14H19N5O2/c1-2-21-14-11-8-19(7-4-12(11)17-10-18-14)9-13(20)16-6-3-5-15/h10H,2-4,6-9H2,1H3,(H,16,20). The summed E-state index contributed by atoms with van der Waals surface area (Å²) in [5.74, 6) is 0.542. The van der Waals surface area contributed by atoms with E-state index >= 15 is 0 Å². The lowest BCUT2D eigenvalue weighted by Crippen LogP contribution is -2.40. The highest BCUT2D eigenvalue weighted by Gasteiger charge is 2.23. The molecule has 0 unspecified atom stereocenters. The zero-order valence-electron chi connectivity index (χ0n) is 12.1. The van der Waals surface area contributed by atoms with Gasteiger partial charge in [-0.25, -0.2) is 9.97 Å². The van der Waals surface area contributed by atoms with E-state index in [0.29, 0.717) is 38.5 Å². The predicted molar refractivity (Wildman–Crippen MR) is 75.4 cm³/mol. The van der Waals surface area contributed by atoms with E-state index < -0.39 is 0 Å². The fourth-order valence-electron chi connectivity index (χ4n) is 2.28. The maximum atomic E-state index is 11.8. The van der Waals surface area contributed by atoms with E-state index in [1.807, 2.05) is 17.9 Å². The SMILES string of the molecule is CCOc1ncnc2c1CN(CC(=O)NCCC#N)CC2. The van der Waals surface area contributed by atoms with Gasteiger partial charge in [0.1, 0.15) is 6.33 Å². The zero-order valence-corrected chi connectivity index (χ0v) is 12.1. The van der Waals surface area contributed by atoms with Gasteiger partial charge >= 0.3 is 0 Å². The highest BCUT2D eigenvalue weighted by molar-refractivity contribution is 5.78. The lowest BCUT2D eigenvalue weighted by Gasteiger charge is -2.28. The molecule has 7 heteroatoms. The Hall–Kier alpha value is -2.20. The Morgan fingerprint density at radius 1 is 1.57 bits per heavy atom. The summed E-state index contributed by atoms with van der Waals surface area (Å²) < 4.78 is 5.52. The van der Waals surface area contributed by atoms with Crippen LogP contribution >= 0.6 is 0 Å². The first-order valence-corrected chi connectivity index (χ1v) is 7.06. The van der Waals surface area contributed by atoms with Crippen LogP contribution in [0.4, 0.5) is 0 Å². The van der Waals surface area contributed by atoms with Gasteiger partial charge in [0.2, 0.25) is 11.8 Å². The summed E-state index contributed by atoms with van der Waals surface area (Å²) in [5.41, 5.74) is 1.96. The minimum atomic E-state index is -0.0662. The Kier molecular flexibility index (Phi) is 5.46. The molecule has 1 aliphatic heterocycles. The molecule has 1 N–H and O–H groups in total. The van der Waals surface area contributed by atoms with Crippen molar-refractivity contribution in [2.45, 2.75) is 26.3 Å². The number of nitrogens with zero attached hydrogens (tertiary/aromatic N) is 4. The van der Waals surface area contributed by atoms with Gasteiger partial charge in [0.15, 0.2) is 0 Å². The molecule has 0 saturated heterocycles. The fraction of sp³-hybridized carbons (Fsp3) is 0.571. The van der Waals surface area contributed by atoms with Crippen LogP contribution in [0.2, 0.25) is 0 Å². The normalized spacial score (nSPS) is 14.1. The lowest BCUT2D eigenvalue weighted by molar-refractivity contribution is -0.122. The largest absolute Gasteiger partial charge is 0.478 e. The van der Waals surface area contributed by atoms with Crippen LogP contribution in [-0.2, 0) is 17.8 Å². The molecule has 1 aromatic rings. The number of nitrogens with one attached hydrogen (secondary N) is 1. The summed E-state index contributed by atoms with van der Waals surface area (Å²) in [4.78, 5) is 22.3. The van der Waals surface area contributed by atoms with Gasteiger partial charge in [-0.05, 0) is 6.92 Å². The van der Waals surface area contributed by atoms with Crippen LogP contribution in [0.3, 0.4) is 0 Å². The van der Waals surface area contributed by atoms with Gasteiger partial charge in [-0.3, -0.25) is 9.69 Å². The minimum Gasteiger partial charge on any atom is -0.478 e. The van der Waals surface area contributed by atoms with E-state index in [1.54, 1.807) is 0 Å². The van der Waals surface area contributed by atoms with Crippen molar-refractivity contribution in [2.24, 2.45) is 0 Å². The van der Waals surface area contributed by atoms with Gasteiger partial charge in [0, 0.05) is 31.6 Å². The molecule has 0 saturated carbocycles. The van der Waals surface area contributed by atoms with Crippen LogP contribution in [0.1, 0.15) is 24.6 Å². The second-order valence-electron chi connectivity index (χ2n) is 4.76. The number of hydrogen-bond acceptors (Lipinski definition) is 6. The number of fused-ring (bicyclic) bond motifs is 1. The van der Waals surface area contributed by atoms with E-state index in [-0.39, 0.29) is 5.91 Å². The molecule has 21 heavy (non-hydrogen) atoms. The molecule has 1 aromatic heterocycles. The number of nitriles is 1. The first-order chi connectivity index (χ1) is 10.2. The summed E-state index contributed by atoms with van der Waals surface area (Å²) in [6, 6.07) is 2.00. The van der Waals surface area contributed by atoms with Crippen molar-refractivity contribution >= 4 is 5.91 Å². The van der Waals surface area contributed by atoms with Crippen molar-refractivity contribution in [1.82, 2.24) is 20.2 Å². The number of carbonyl (C=O) groups is 1. The van der Waals surface area contributed by atoms with E-state index in [1.165, 1.54) is 6.33 Å². The molecule has 0 bridgehead atoms. The summed E-state index contributed by atoms with van der Waals surface area (Å²) in [6.07, 6.45) is 2.63. The van der Waals surface area contributed by atoms with Gasteiger partial charge < -0.3 is 10.1 Å². The second kappa shape index (κ2) is 7.55. The number of hydrogen-bond donors (Lipinski definition) is 1. The summed E-state index contributed by atoms with van der Waals surface area (Å²) in [6.45, 7) is 4.56. The highest BCUT2D eigenvalue weighted by Crippen LogP contribution is 2.24. The molecule has 1 aliphatic rings. The first-order valence-electron chi connectivity index (χ1n) is 7.06. The first kappa shape index (κ1) is 15.2. The molecule has 2 heterocycles. The maximum Gasteiger partial charge on any atom is 0.234 e. The summed E-state index contributed by atoms with van der Waals surface area (Å²) in [7, 11) is 0. The van der Waals surface area contributed by atoms with E-state index in [0.717, 1.165) is 24.2 Å². The molecule has 7 nitrogen and oxygen atoms in total. The van der Waals surface area contributed by atoms with Crippen LogP contribution in [0.25, 0.3) is 0 Å². The Bertz CT molecular complexity index is 541. The summed E-state index contributed by atoms with van der Waals surface area (Å²) in [5, 5.41) is 11.2. The Morgan fingerprint density at radius 2 is 2.43 bits per heavy atom. The lowest BCUT2D eigenvalue weighted by atomic mass is 10.1. The highest BCUT2D eigenvalue weighted by atomic mass is 16.5. The minimum absolute atomic E-state index is 0.0662. The van der Waals surface area contributed by atoms with Crippen molar-refractivity contribution in [3.63, 3.8) is 0 Å². The molecule has 1 amide bonds. The molecule has 0 aliphatic carbocycles. The second-order valence-corrected chi connectivity index (χ2v) is 4.76. The van der Waals surface area contributed by atoms with Gasteiger partial charge in [-0.1, -0.05) is 0 Å². The molecular formula is C14H19N5O2. The molecule has 0 fully saturated rings. The Labute approximate surface area is 123 Å². The van der Waals surface area contributed by atoms with Crippen LogP contribution in [-0.4, -0.2) is 47.0 Å². The topological polar surface area (TPSA) is 91.1 Å². The zero-order chi connectivity index (χ0) is 15.1. The van der Waals surface area contributed by atoms with Crippen LogP contribution < -0.4 is 10.1 Å². The third-order valence-electron chi connectivity index (χ3n) is 3.25. The van der Waals surface area contributed by atoms with Gasteiger partial charge in [-0.15, -0.1) is 0 Å². The van der Waals surface area contributed by atoms with E-state index in [4.69, 9.17) is 10.00 Å². The van der Waals surface area contributed by atoms with Gasteiger partial charge in [0.05, 0.1) is 31.3 Å². The van der Waals surface area contributed by atoms with Crippen molar-refractivity contribution in [2.75, 3.05) is 26.2 Å². The number of aromatic nitrogens is 2. The van der Waals surface area contributed by atoms with Crippen LogP contribution in [0, 0.1) is 11.3 Å². The van der Waals surface area contributed by atoms with Crippen molar-refractivity contribution in [3.8, 4) is 11.9 Å². The molecule has 0 atom stereocenters. The molecule has 0 aromatic carbocycles. The third-order valence-corrected chi connectivity index (χ3v) is 3.25. The van der Waals surface area contributed by atoms with E-state index in [2.05, 4.69) is 15.3 Å². The molecular weight excluding hydrogens is 270 g/mol. The summed E-state index contributed by atoms with van der Waals surface area (Å²) >= 11 is 0. The average Bonchev–Trinajstić information content (AvgIpc) is 2.48. The quantitative estimate of drug-likeness (QED) is 0.756. The Balaban J connectivity index is 1.95. The molecule has 0 radical (unpaired) electrons. The van der Waals surface area contributed by atoms with Crippen molar-refractivity contribution in [1.29, 1.82) is 5.26 Å². The van der Waals surface area contributed by atoms with Gasteiger partial charge in [0.25, 0.3) is 0 Å². The maximum absolute atomic E-state index is 11.8. The van der Waals surface area contributed by atoms with Crippen molar-refractivity contribution in [3.05, 3.63) is 17.6 Å². The molecule has 0 spiro atoms. The monoisotopic (exact) mass is 289 g/mol. The third kappa shape index (κ3) is 4.13. The number of ether oxygens (including phenoxy) is 1. The number of rotatable bonds is 6. The number of amides is 1. The average molecular weight is 289 g/mol. The Morgan fingerprint density at radius 3 is 3.19 bits per heavy atom. The van der Waals surface area contributed by atoms with Gasteiger partial charge in [-0.2, -0.15) is 5.26 Å².